The van der Waals surface area contributed by atoms with Gasteiger partial charge in [0.05, 0.1) is 0 Å². The van der Waals surface area contributed by atoms with E-state index in [-0.39, 0.29) is 0 Å². The number of rotatable bonds is 8. The van der Waals surface area contributed by atoms with E-state index in [0.29, 0.717) is 0 Å². The van der Waals surface area contributed by atoms with Gasteiger partial charge in [0, 0.05) is 31.0 Å². The van der Waals surface area contributed by atoms with Crippen LogP contribution in [0.2, 0.25) is 0 Å². The Hall–Kier alpha value is -1.95. The first kappa shape index (κ1) is 15.4. The molecule has 114 valence electrons. The van der Waals surface area contributed by atoms with Gasteiger partial charge in [0.15, 0.2) is 5.82 Å². The molecular formula is C15H23N5O. The van der Waals surface area contributed by atoms with Crippen molar-refractivity contribution in [2.24, 2.45) is 0 Å². The highest BCUT2D eigenvalue weighted by Crippen LogP contribution is 2.21. The van der Waals surface area contributed by atoms with E-state index in [1.165, 1.54) is 0 Å². The van der Waals surface area contributed by atoms with Crippen molar-refractivity contribution in [1.82, 2.24) is 20.2 Å². The highest BCUT2D eigenvalue weighted by atomic mass is 16.5. The SMILES string of the molecule is CCCCOCCCn1nnnc1-c1cc(C)cc(N)c1. The summed E-state index contributed by atoms with van der Waals surface area (Å²) in [5, 5.41) is 11.9. The highest BCUT2D eigenvalue weighted by Gasteiger charge is 2.09. The van der Waals surface area contributed by atoms with E-state index < -0.39 is 0 Å². The highest BCUT2D eigenvalue weighted by molar-refractivity contribution is 5.62. The average Bonchev–Trinajstić information content (AvgIpc) is 2.90. The second kappa shape index (κ2) is 7.73. The number of unbranched alkanes of at least 4 members (excludes halogenated alkanes) is 1. The van der Waals surface area contributed by atoms with Gasteiger partial charge in [-0.05, 0) is 54.0 Å². The van der Waals surface area contributed by atoms with E-state index in [2.05, 4.69) is 22.4 Å². The van der Waals surface area contributed by atoms with Gasteiger partial charge in [0.1, 0.15) is 0 Å². The number of benzene rings is 1. The minimum absolute atomic E-state index is 0.724. The zero-order valence-electron chi connectivity index (χ0n) is 12.7. The van der Waals surface area contributed by atoms with E-state index in [4.69, 9.17) is 10.5 Å². The number of aryl methyl sites for hydroxylation is 2. The summed E-state index contributed by atoms with van der Waals surface area (Å²) in [6, 6.07) is 5.86. The third-order valence-corrected chi connectivity index (χ3v) is 3.19. The van der Waals surface area contributed by atoms with Crippen LogP contribution in [-0.2, 0) is 11.3 Å². The number of nitrogens with zero attached hydrogens (tertiary/aromatic N) is 4. The number of anilines is 1. The van der Waals surface area contributed by atoms with E-state index in [0.717, 1.165) is 61.7 Å². The molecule has 0 radical (unpaired) electrons. The number of hydrogen-bond donors (Lipinski definition) is 1. The number of tetrazole rings is 1. The number of nitrogens with two attached hydrogens (primary N) is 1. The molecule has 0 unspecified atom stereocenters. The second-order valence-electron chi connectivity index (χ2n) is 5.18. The van der Waals surface area contributed by atoms with Crippen LogP contribution >= 0.6 is 0 Å². The fourth-order valence-electron chi connectivity index (χ4n) is 2.17. The minimum atomic E-state index is 0.724. The molecule has 0 atom stereocenters. The van der Waals surface area contributed by atoms with Crippen molar-refractivity contribution in [2.75, 3.05) is 18.9 Å². The van der Waals surface area contributed by atoms with E-state index in [9.17, 15) is 0 Å². The Bertz CT molecular complexity index is 547. The van der Waals surface area contributed by atoms with Crippen molar-refractivity contribution < 1.29 is 4.74 Å². The molecule has 2 aromatic rings. The minimum Gasteiger partial charge on any atom is -0.399 e. The molecule has 0 spiro atoms. The zero-order chi connectivity index (χ0) is 15.1. The van der Waals surface area contributed by atoms with E-state index in [1.807, 2.05) is 25.1 Å². The molecule has 0 saturated heterocycles. The molecule has 0 aliphatic heterocycles. The molecule has 0 aliphatic rings. The Balaban J connectivity index is 1.95. The fraction of sp³-hybridized carbons (Fsp3) is 0.533. The maximum absolute atomic E-state index is 5.89. The number of aromatic nitrogens is 4. The fourth-order valence-corrected chi connectivity index (χ4v) is 2.17. The van der Waals surface area contributed by atoms with E-state index in [1.54, 1.807) is 4.68 Å². The summed E-state index contributed by atoms with van der Waals surface area (Å²) < 4.78 is 7.36. The van der Waals surface area contributed by atoms with Gasteiger partial charge >= 0.3 is 0 Å². The molecule has 0 aliphatic carbocycles. The van der Waals surface area contributed by atoms with Crippen molar-refractivity contribution in [3.8, 4) is 11.4 Å². The monoisotopic (exact) mass is 289 g/mol. The summed E-state index contributed by atoms with van der Waals surface area (Å²) in [4.78, 5) is 0. The average molecular weight is 289 g/mol. The Morgan fingerprint density at radius 3 is 2.76 bits per heavy atom. The van der Waals surface area contributed by atoms with Gasteiger partial charge in [-0.15, -0.1) is 5.10 Å². The lowest BCUT2D eigenvalue weighted by Gasteiger charge is -2.07. The van der Waals surface area contributed by atoms with Crippen molar-refractivity contribution in [1.29, 1.82) is 0 Å². The smallest absolute Gasteiger partial charge is 0.182 e. The molecule has 6 nitrogen and oxygen atoms in total. The predicted molar refractivity (Wildman–Crippen MR) is 82.7 cm³/mol. The van der Waals surface area contributed by atoms with Crippen molar-refractivity contribution in [2.45, 2.75) is 39.7 Å². The first-order valence-electron chi connectivity index (χ1n) is 7.42. The molecule has 0 bridgehead atoms. The summed E-state index contributed by atoms with van der Waals surface area (Å²) in [5.41, 5.74) is 8.66. The van der Waals surface area contributed by atoms with Crippen LogP contribution in [0.3, 0.4) is 0 Å². The van der Waals surface area contributed by atoms with Gasteiger partial charge in [0.25, 0.3) is 0 Å². The molecular weight excluding hydrogens is 266 g/mol. The van der Waals surface area contributed by atoms with Crippen LogP contribution in [-0.4, -0.2) is 33.4 Å². The van der Waals surface area contributed by atoms with Gasteiger partial charge in [-0.1, -0.05) is 13.3 Å². The van der Waals surface area contributed by atoms with Crippen LogP contribution in [0.1, 0.15) is 31.7 Å². The topological polar surface area (TPSA) is 78.8 Å². The summed E-state index contributed by atoms with van der Waals surface area (Å²) in [6.07, 6.45) is 3.16. The van der Waals surface area contributed by atoms with Crippen LogP contribution in [0, 0.1) is 6.92 Å². The molecule has 6 heteroatoms. The third-order valence-electron chi connectivity index (χ3n) is 3.19. The van der Waals surface area contributed by atoms with Crippen molar-refractivity contribution >= 4 is 5.69 Å². The standard InChI is InChI=1S/C15H23N5O/c1-3-4-7-21-8-5-6-20-15(17-18-19-20)13-9-12(2)10-14(16)11-13/h9-11H,3-8,16H2,1-2H3. The lowest BCUT2D eigenvalue weighted by Crippen LogP contribution is -2.07. The Morgan fingerprint density at radius 2 is 2.00 bits per heavy atom. The summed E-state index contributed by atoms with van der Waals surface area (Å²) >= 11 is 0. The lowest BCUT2D eigenvalue weighted by molar-refractivity contribution is 0.125. The summed E-state index contributed by atoms with van der Waals surface area (Å²) in [6.45, 7) is 6.46. The third kappa shape index (κ3) is 4.53. The molecule has 0 fully saturated rings. The number of nitrogen functional groups attached to an aromatic ring is 1. The Kier molecular flexibility index (Phi) is 5.68. The molecule has 1 aromatic carbocycles. The second-order valence-corrected chi connectivity index (χ2v) is 5.18. The van der Waals surface area contributed by atoms with Gasteiger partial charge in [0.2, 0.25) is 0 Å². The normalized spacial score (nSPS) is 11.0. The Labute approximate surface area is 125 Å². The van der Waals surface area contributed by atoms with Crippen LogP contribution in [0.4, 0.5) is 5.69 Å². The maximum Gasteiger partial charge on any atom is 0.182 e. The first-order valence-corrected chi connectivity index (χ1v) is 7.42. The van der Waals surface area contributed by atoms with Gasteiger partial charge in [-0.25, -0.2) is 4.68 Å². The molecule has 2 N–H and O–H groups in total. The van der Waals surface area contributed by atoms with Crippen LogP contribution < -0.4 is 5.73 Å². The van der Waals surface area contributed by atoms with E-state index >= 15 is 0 Å². The van der Waals surface area contributed by atoms with Crippen LogP contribution in [0.25, 0.3) is 11.4 Å². The molecule has 1 aromatic heterocycles. The lowest BCUT2D eigenvalue weighted by atomic mass is 10.1. The summed E-state index contributed by atoms with van der Waals surface area (Å²) in [7, 11) is 0. The number of hydrogen-bond acceptors (Lipinski definition) is 5. The van der Waals surface area contributed by atoms with Gasteiger partial charge in [-0.2, -0.15) is 0 Å². The summed E-state index contributed by atoms with van der Waals surface area (Å²) in [5.74, 6) is 0.749. The molecule has 0 amide bonds. The van der Waals surface area contributed by atoms with Crippen LogP contribution in [0.15, 0.2) is 18.2 Å². The van der Waals surface area contributed by atoms with Gasteiger partial charge < -0.3 is 10.5 Å². The molecule has 21 heavy (non-hydrogen) atoms. The molecule has 0 saturated carbocycles. The first-order chi connectivity index (χ1) is 10.2. The van der Waals surface area contributed by atoms with Crippen molar-refractivity contribution in [3.63, 3.8) is 0 Å². The number of ether oxygens (including phenoxy) is 1. The Morgan fingerprint density at radius 1 is 1.19 bits per heavy atom. The maximum atomic E-state index is 5.89. The van der Waals surface area contributed by atoms with Gasteiger partial charge in [-0.3, -0.25) is 0 Å². The van der Waals surface area contributed by atoms with Crippen LogP contribution in [0.5, 0.6) is 0 Å². The quantitative estimate of drug-likeness (QED) is 0.596. The largest absolute Gasteiger partial charge is 0.399 e. The molecule has 1 heterocycles. The zero-order valence-corrected chi connectivity index (χ0v) is 12.7. The molecule has 2 rings (SSSR count). The predicted octanol–water partition coefficient (Wildman–Crippen LogP) is 2.44. The van der Waals surface area contributed by atoms with Crippen molar-refractivity contribution in [3.05, 3.63) is 23.8 Å².